The lowest BCUT2D eigenvalue weighted by Gasteiger charge is -2.08. The molecule has 26 heavy (non-hydrogen) atoms. The second-order valence-electron chi connectivity index (χ2n) is 6.04. The van der Waals surface area contributed by atoms with Crippen molar-refractivity contribution < 1.29 is 14.6 Å². The van der Waals surface area contributed by atoms with Crippen molar-refractivity contribution in [3.8, 4) is 5.75 Å². The van der Waals surface area contributed by atoms with Crippen LogP contribution < -0.4 is 4.74 Å². The lowest BCUT2D eigenvalue weighted by atomic mass is 10.1. The molecule has 2 rings (SSSR count). The van der Waals surface area contributed by atoms with Crippen molar-refractivity contribution in [2.45, 2.75) is 58.8 Å². The van der Waals surface area contributed by atoms with E-state index in [2.05, 4.69) is 36.4 Å². The third-order valence-electron chi connectivity index (χ3n) is 3.98. The molecule has 0 aromatic heterocycles. The lowest BCUT2D eigenvalue weighted by Crippen LogP contribution is -2.00. The summed E-state index contributed by atoms with van der Waals surface area (Å²) < 4.78 is 5.85. The zero-order valence-corrected chi connectivity index (χ0v) is 16.1. The molecule has 3 heteroatoms. The van der Waals surface area contributed by atoms with Crippen LogP contribution in [0, 0.1) is 0 Å². The number of aliphatic carboxylic acids is 1. The molecule has 0 aliphatic carbocycles. The first-order chi connectivity index (χ1) is 12.7. The maximum Gasteiger partial charge on any atom is 0.303 e. The van der Waals surface area contributed by atoms with Crippen LogP contribution in [0.25, 0.3) is 0 Å². The van der Waals surface area contributed by atoms with Crippen molar-refractivity contribution in [3.05, 3.63) is 65.7 Å². The third kappa shape index (κ3) is 9.87. The number of carbonyl (C=O) groups is 1. The summed E-state index contributed by atoms with van der Waals surface area (Å²) in [7, 11) is 0. The van der Waals surface area contributed by atoms with Gasteiger partial charge in [0.2, 0.25) is 0 Å². The van der Waals surface area contributed by atoms with Crippen LogP contribution >= 0.6 is 0 Å². The van der Waals surface area contributed by atoms with Gasteiger partial charge in [-0.15, -0.1) is 0 Å². The largest absolute Gasteiger partial charge is 0.494 e. The first-order valence-corrected chi connectivity index (χ1v) is 9.71. The summed E-state index contributed by atoms with van der Waals surface area (Å²) in [6.45, 7) is 4.72. The maximum absolute atomic E-state index is 10.5. The number of carboxylic acids is 1. The zero-order valence-electron chi connectivity index (χ0n) is 16.1. The number of aryl methyl sites for hydroxylation is 2. The summed E-state index contributed by atoms with van der Waals surface area (Å²) in [5.74, 6) is 0.215. The molecule has 0 bridgehead atoms. The molecule has 0 heterocycles. The number of carboxylic acid groups (broad SMARTS) is 1. The molecule has 0 saturated heterocycles. The van der Waals surface area contributed by atoms with Crippen LogP contribution in [-0.2, 0) is 17.6 Å². The second-order valence-corrected chi connectivity index (χ2v) is 6.04. The quantitative estimate of drug-likeness (QED) is 0.509. The van der Waals surface area contributed by atoms with Gasteiger partial charge in [0, 0.05) is 6.42 Å². The third-order valence-corrected chi connectivity index (χ3v) is 3.98. The highest BCUT2D eigenvalue weighted by Gasteiger charge is 2.00. The van der Waals surface area contributed by atoms with Crippen LogP contribution in [-0.4, -0.2) is 17.7 Å². The van der Waals surface area contributed by atoms with Crippen molar-refractivity contribution in [3.63, 3.8) is 0 Å². The summed E-state index contributed by atoms with van der Waals surface area (Å²) in [5.41, 5.74) is 2.60. The Morgan fingerprint density at radius 1 is 0.846 bits per heavy atom. The first kappa shape index (κ1) is 21.8. The Morgan fingerprint density at radius 2 is 1.54 bits per heavy atom. The van der Waals surface area contributed by atoms with Gasteiger partial charge >= 0.3 is 5.97 Å². The van der Waals surface area contributed by atoms with Gasteiger partial charge in [0.25, 0.3) is 0 Å². The van der Waals surface area contributed by atoms with Gasteiger partial charge in [-0.1, -0.05) is 62.7 Å². The van der Waals surface area contributed by atoms with Crippen molar-refractivity contribution in [2.24, 2.45) is 0 Å². The molecule has 1 N–H and O–H groups in total. The molecule has 2 aromatic carbocycles. The average Bonchev–Trinajstić information content (AvgIpc) is 2.67. The number of hydrogen-bond acceptors (Lipinski definition) is 2. The Kier molecular flexibility index (Phi) is 11.7. The fraction of sp³-hybridized carbons (Fsp3) is 0.435. The monoisotopic (exact) mass is 356 g/mol. The van der Waals surface area contributed by atoms with E-state index in [-0.39, 0.29) is 6.42 Å². The molecule has 2 aromatic rings. The minimum atomic E-state index is -0.707. The molecule has 142 valence electrons. The Morgan fingerprint density at radius 3 is 2.27 bits per heavy atom. The molecule has 0 fully saturated rings. The molecule has 0 radical (unpaired) electrons. The van der Waals surface area contributed by atoms with Gasteiger partial charge in [-0.2, -0.15) is 0 Å². The summed E-state index contributed by atoms with van der Waals surface area (Å²) in [6, 6.07) is 18.7. The fourth-order valence-corrected chi connectivity index (χ4v) is 2.68. The molecule has 0 amide bonds. The summed E-state index contributed by atoms with van der Waals surface area (Å²) in [6.07, 6.45) is 6.00. The van der Waals surface area contributed by atoms with Gasteiger partial charge in [-0.05, 0) is 55.4 Å². The SMILES string of the molecule is CC.O=C(O)CCCCCc1cccc(OCCCc2ccccc2)c1. The van der Waals surface area contributed by atoms with Crippen molar-refractivity contribution in [1.82, 2.24) is 0 Å². The maximum atomic E-state index is 10.5. The molecular formula is C23H32O3. The molecule has 0 atom stereocenters. The number of ether oxygens (including phenoxy) is 1. The number of hydrogen-bond donors (Lipinski definition) is 1. The van der Waals surface area contributed by atoms with Crippen molar-refractivity contribution >= 4 is 5.97 Å². The van der Waals surface area contributed by atoms with E-state index >= 15 is 0 Å². The number of benzene rings is 2. The van der Waals surface area contributed by atoms with Crippen LogP contribution in [0.3, 0.4) is 0 Å². The van der Waals surface area contributed by atoms with Crippen LogP contribution in [0.1, 0.15) is 57.1 Å². The number of unbranched alkanes of at least 4 members (excludes halogenated alkanes) is 2. The van der Waals surface area contributed by atoms with E-state index in [1.807, 2.05) is 32.0 Å². The van der Waals surface area contributed by atoms with E-state index in [0.717, 1.165) is 50.9 Å². The van der Waals surface area contributed by atoms with Gasteiger partial charge in [-0.25, -0.2) is 0 Å². The Balaban J connectivity index is 0.00000163. The van der Waals surface area contributed by atoms with Crippen LogP contribution in [0.4, 0.5) is 0 Å². The molecule has 0 spiro atoms. The smallest absolute Gasteiger partial charge is 0.303 e. The molecule has 0 saturated carbocycles. The number of rotatable bonds is 11. The summed E-state index contributed by atoms with van der Waals surface area (Å²) in [5, 5.41) is 8.63. The van der Waals surface area contributed by atoms with Crippen molar-refractivity contribution in [2.75, 3.05) is 6.61 Å². The highest BCUT2D eigenvalue weighted by atomic mass is 16.5. The van der Waals surface area contributed by atoms with E-state index < -0.39 is 5.97 Å². The van der Waals surface area contributed by atoms with Crippen LogP contribution in [0.15, 0.2) is 54.6 Å². The standard InChI is InChI=1S/C21H26O3.C2H6/c22-21(23)15-6-2-5-11-19-12-7-14-20(17-19)24-16-8-13-18-9-3-1-4-10-18;1-2/h1,3-4,7,9-10,12,14,17H,2,5-6,8,11,13,15-16H2,(H,22,23);1-2H3. The Bertz CT molecular complexity index is 608. The van der Waals surface area contributed by atoms with Gasteiger partial charge in [0.15, 0.2) is 0 Å². The molecule has 0 aliphatic heterocycles. The summed E-state index contributed by atoms with van der Waals surface area (Å²) in [4.78, 5) is 10.5. The zero-order chi connectivity index (χ0) is 19.0. The van der Waals surface area contributed by atoms with E-state index in [1.54, 1.807) is 0 Å². The minimum Gasteiger partial charge on any atom is -0.494 e. The van der Waals surface area contributed by atoms with Crippen LogP contribution in [0.5, 0.6) is 5.75 Å². The summed E-state index contributed by atoms with van der Waals surface area (Å²) >= 11 is 0. The van der Waals surface area contributed by atoms with Crippen molar-refractivity contribution in [1.29, 1.82) is 0 Å². The fourth-order valence-electron chi connectivity index (χ4n) is 2.68. The molecule has 0 aliphatic rings. The van der Waals surface area contributed by atoms with E-state index in [4.69, 9.17) is 9.84 Å². The van der Waals surface area contributed by atoms with Gasteiger partial charge in [-0.3, -0.25) is 4.79 Å². The van der Waals surface area contributed by atoms with Crippen LogP contribution in [0.2, 0.25) is 0 Å². The average molecular weight is 357 g/mol. The molecule has 3 nitrogen and oxygen atoms in total. The lowest BCUT2D eigenvalue weighted by molar-refractivity contribution is -0.137. The van der Waals surface area contributed by atoms with Gasteiger partial charge < -0.3 is 9.84 Å². The predicted molar refractivity (Wildman–Crippen MR) is 108 cm³/mol. The highest BCUT2D eigenvalue weighted by molar-refractivity contribution is 5.66. The van der Waals surface area contributed by atoms with E-state index in [9.17, 15) is 4.79 Å². The predicted octanol–water partition coefficient (Wildman–Crippen LogP) is 5.91. The first-order valence-electron chi connectivity index (χ1n) is 9.71. The topological polar surface area (TPSA) is 46.5 Å². The molecular weight excluding hydrogens is 324 g/mol. The Hall–Kier alpha value is -2.29. The normalized spacial score (nSPS) is 9.92. The van der Waals surface area contributed by atoms with E-state index in [0.29, 0.717) is 0 Å². The molecule has 0 unspecified atom stereocenters. The van der Waals surface area contributed by atoms with E-state index in [1.165, 1.54) is 11.1 Å². The second kappa shape index (κ2) is 13.9. The Labute approximate surface area is 158 Å². The minimum absolute atomic E-state index is 0.268. The van der Waals surface area contributed by atoms with Gasteiger partial charge in [0.1, 0.15) is 5.75 Å². The van der Waals surface area contributed by atoms with Gasteiger partial charge in [0.05, 0.1) is 6.61 Å². The highest BCUT2D eigenvalue weighted by Crippen LogP contribution is 2.16.